The van der Waals surface area contributed by atoms with Crippen molar-refractivity contribution in [2.45, 2.75) is 25.9 Å². The van der Waals surface area contributed by atoms with Crippen molar-refractivity contribution in [3.05, 3.63) is 28.2 Å². The lowest BCUT2D eigenvalue weighted by molar-refractivity contribution is -0.123. The van der Waals surface area contributed by atoms with Crippen LogP contribution in [0.15, 0.2) is 22.7 Å². The zero-order valence-electron chi connectivity index (χ0n) is 11.4. The number of nitrogens with zero attached hydrogens (tertiary/aromatic N) is 1. The van der Waals surface area contributed by atoms with Gasteiger partial charge in [-0.2, -0.15) is 0 Å². The Morgan fingerprint density at radius 3 is 3.00 bits per heavy atom. The molecule has 0 radical (unpaired) electrons. The van der Waals surface area contributed by atoms with Crippen molar-refractivity contribution >= 4 is 27.5 Å². The molecule has 4 nitrogen and oxygen atoms in total. The summed E-state index contributed by atoms with van der Waals surface area (Å²) in [6, 6.07) is 6.18. The van der Waals surface area contributed by atoms with Gasteiger partial charge in [0.25, 0.3) is 0 Å². The Balaban J connectivity index is 2.37. The van der Waals surface area contributed by atoms with E-state index in [0.29, 0.717) is 6.54 Å². The number of halogens is 1. The number of hydrogen-bond donors (Lipinski definition) is 2. The molecule has 1 heterocycles. The van der Waals surface area contributed by atoms with Gasteiger partial charge in [-0.1, -0.05) is 28.9 Å². The first-order chi connectivity index (χ1) is 9.17. The molecule has 1 aromatic rings. The van der Waals surface area contributed by atoms with Gasteiger partial charge in [0.15, 0.2) is 0 Å². The molecule has 19 heavy (non-hydrogen) atoms. The lowest BCUT2D eigenvalue weighted by Gasteiger charge is -2.37. The van der Waals surface area contributed by atoms with Crippen LogP contribution in [0.5, 0.6) is 0 Å². The molecule has 0 saturated carbocycles. The average molecular weight is 326 g/mol. The zero-order valence-corrected chi connectivity index (χ0v) is 13.0. The Morgan fingerprint density at radius 2 is 2.32 bits per heavy atom. The quantitative estimate of drug-likeness (QED) is 0.888. The van der Waals surface area contributed by atoms with Crippen LogP contribution >= 0.6 is 15.9 Å². The van der Waals surface area contributed by atoms with Gasteiger partial charge in [0.05, 0.1) is 0 Å². The summed E-state index contributed by atoms with van der Waals surface area (Å²) in [7, 11) is 1.94. The third-order valence-corrected chi connectivity index (χ3v) is 3.93. The molecule has 2 N–H and O–H groups in total. The average Bonchev–Trinajstić information content (AvgIpc) is 2.41. The molecule has 1 saturated heterocycles. The summed E-state index contributed by atoms with van der Waals surface area (Å²) in [4.78, 5) is 14.2. The Hall–Kier alpha value is -1.07. The van der Waals surface area contributed by atoms with E-state index in [1.54, 1.807) is 0 Å². The van der Waals surface area contributed by atoms with E-state index in [2.05, 4.69) is 50.5 Å². The molecular formula is C14H20BrN3O. The molecule has 104 valence electrons. The molecule has 1 unspecified atom stereocenters. The van der Waals surface area contributed by atoms with Crippen LogP contribution in [0.2, 0.25) is 0 Å². The number of anilines is 1. The Labute approximate surface area is 122 Å². The van der Waals surface area contributed by atoms with Gasteiger partial charge in [-0.15, -0.1) is 0 Å². The summed E-state index contributed by atoms with van der Waals surface area (Å²) in [5.74, 6) is 0.129. The molecule has 1 aromatic carbocycles. The standard InChI is InChI=1S/C14H20BrN3O/c1-3-12-14(19)17-6-7-18(12)13-8-11(15)5-4-10(13)9-16-2/h4-5,8,12,16H,3,6-7,9H2,1-2H3,(H,17,19). The summed E-state index contributed by atoms with van der Waals surface area (Å²) in [6.45, 7) is 4.42. The third-order valence-electron chi connectivity index (χ3n) is 3.44. The molecule has 2 rings (SSSR count). The highest BCUT2D eigenvalue weighted by atomic mass is 79.9. The summed E-state index contributed by atoms with van der Waals surface area (Å²) in [5.41, 5.74) is 2.37. The Morgan fingerprint density at radius 1 is 1.53 bits per heavy atom. The van der Waals surface area contributed by atoms with E-state index in [0.717, 1.165) is 29.7 Å². The minimum atomic E-state index is -0.0707. The molecule has 0 spiro atoms. The van der Waals surface area contributed by atoms with Crippen LogP contribution in [0.4, 0.5) is 5.69 Å². The number of carbonyl (C=O) groups is 1. The third kappa shape index (κ3) is 3.09. The fourth-order valence-corrected chi connectivity index (χ4v) is 2.90. The van der Waals surface area contributed by atoms with Crippen molar-refractivity contribution in [3.63, 3.8) is 0 Å². The highest BCUT2D eigenvalue weighted by Crippen LogP contribution is 2.28. The van der Waals surface area contributed by atoms with Gasteiger partial charge in [-0.3, -0.25) is 4.79 Å². The smallest absolute Gasteiger partial charge is 0.242 e. The maximum atomic E-state index is 12.0. The topological polar surface area (TPSA) is 44.4 Å². The molecule has 1 amide bonds. The first-order valence-electron chi connectivity index (χ1n) is 6.64. The molecule has 1 fully saturated rings. The van der Waals surface area contributed by atoms with Gasteiger partial charge in [0.1, 0.15) is 6.04 Å². The summed E-state index contributed by atoms with van der Waals surface area (Å²) in [5, 5.41) is 6.13. The Kier molecular flexibility index (Phi) is 4.82. The molecule has 0 aliphatic carbocycles. The van der Waals surface area contributed by atoms with Crippen molar-refractivity contribution < 1.29 is 4.79 Å². The fraction of sp³-hybridized carbons (Fsp3) is 0.500. The number of benzene rings is 1. The van der Waals surface area contributed by atoms with E-state index in [9.17, 15) is 4.79 Å². The first-order valence-corrected chi connectivity index (χ1v) is 7.44. The van der Waals surface area contributed by atoms with Crippen molar-refractivity contribution in [1.82, 2.24) is 10.6 Å². The second-order valence-electron chi connectivity index (χ2n) is 4.71. The van der Waals surface area contributed by atoms with Crippen LogP contribution in [0, 0.1) is 0 Å². The second-order valence-corrected chi connectivity index (χ2v) is 5.63. The maximum absolute atomic E-state index is 12.0. The minimum absolute atomic E-state index is 0.0707. The van der Waals surface area contributed by atoms with E-state index in [1.807, 2.05) is 13.1 Å². The Bertz CT molecular complexity index is 464. The molecule has 1 aliphatic rings. The highest BCUT2D eigenvalue weighted by Gasteiger charge is 2.29. The van der Waals surface area contributed by atoms with Gasteiger partial charge in [0.2, 0.25) is 5.91 Å². The lowest BCUT2D eigenvalue weighted by Crippen LogP contribution is -2.55. The van der Waals surface area contributed by atoms with E-state index < -0.39 is 0 Å². The lowest BCUT2D eigenvalue weighted by atomic mass is 10.1. The van der Waals surface area contributed by atoms with Crippen LogP contribution in [0.3, 0.4) is 0 Å². The number of rotatable bonds is 4. The zero-order chi connectivity index (χ0) is 13.8. The van der Waals surface area contributed by atoms with Crippen LogP contribution < -0.4 is 15.5 Å². The van der Waals surface area contributed by atoms with Gasteiger partial charge in [-0.05, 0) is 31.2 Å². The van der Waals surface area contributed by atoms with Gasteiger partial charge >= 0.3 is 0 Å². The SMILES string of the molecule is CCC1C(=O)NCCN1c1cc(Br)ccc1CNC. The number of piperazine rings is 1. The van der Waals surface area contributed by atoms with Gasteiger partial charge in [0, 0.05) is 29.8 Å². The predicted octanol–water partition coefficient (Wildman–Crippen LogP) is 1.88. The predicted molar refractivity (Wildman–Crippen MR) is 81.3 cm³/mol. The van der Waals surface area contributed by atoms with Gasteiger partial charge in [-0.25, -0.2) is 0 Å². The van der Waals surface area contributed by atoms with Crippen molar-refractivity contribution in [1.29, 1.82) is 0 Å². The van der Waals surface area contributed by atoms with Crippen LogP contribution in [-0.4, -0.2) is 32.1 Å². The van der Waals surface area contributed by atoms with E-state index in [1.165, 1.54) is 5.56 Å². The first kappa shape index (κ1) is 14.3. The van der Waals surface area contributed by atoms with Crippen molar-refractivity contribution in [2.24, 2.45) is 0 Å². The molecule has 5 heteroatoms. The summed E-state index contributed by atoms with van der Waals surface area (Å²) >= 11 is 3.52. The number of hydrogen-bond acceptors (Lipinski definition) is 3. The fourth-order valence-electron chi connectivity index (χ4n) is 2.55. The molecule has 1 atom stereocenters. The number of amides is 1. The van der Waals surface area contributed by atoms with Crippen LogP contribution in [0.25, 0.3) is 0 Å². The van der Waals surface area contributed by atoms with Crippen LogP contribution in [-0.2, 0) is 11.3 Å². The van der Waals surface area contributed by atoms with E-state index >= 15 is 0 Å². The second kappa shape index (κ2) is 6.39. The van der Waals surface area contributed by atoms with Gasteiger partial charge < -0.3 is 15.5 Å². The van der Waals surface area contributed by atoms with Crippen LogP contribution in [0.1, 0.15) is 18.9 Å². The normalized spacial score (nSPS) is 19.4. The number of carbonyl (C=O) groups excluding carboxylic acids is 1. The summed E-state index contributed by atoms with van der Waals surface area (Å²) < 4.78 is 1.04. The molecular weight excluding hydrogens is 306 g/mol. The van der Waals surface area contributed by atoms with E-state index in [4.69, 9.17) is 0 Å². The largest absolute Gasteiger partial charge is 0.357 e. The summed E-state index contributed by atoms with van der Waals surface area (Å²) in [6.07, 6.45) is 0.817. The maximum Gasteiger partial charge on any atom is 0.242 e. The highest BCUT2D eigenvalue weighted by molar-refractivity contribution is 9.10. The molecule has 1 aliphatic heterocycles. The monoisotopic (exact) mass is 325 g/mol. The molecule has 0 aromatic heterocycles. The molecule has 0 bridgehead atoms. The van der Waals surface area contributed by atoms with Crippen molar-refractivity contribution in [2.75, 3.05) is 25.0 Å². The van der Waals surface area contributed by atoms with Crippen molar-refractivity contribution in [3.8, 4) is 0 Å². The van der Waals surface area contributed by atoms with E-state index in [-0.39, 0.29) is 11.9 Å². The number of nitrogens with one attached hydrogen (secondary N) is 2. The minimum Gasteiger partial charge on any atom is -0.357 e.